The summed E-state index contributed by atoms with van der Waals surface area (Å²) < 4.78 is 5.89. The number of aliphatic hydroxyl groups is 1. The van der Waals surface area contributed by atoms with E-state index in [-0.39, 0.29) is 6.10 Å². The molecule has 1 saturated carbocycles. The van der Waals surface area contributed by atoms with Crippen LogP contribution in [-0.4, -0.2) is 37.0 Å². The second kappa shape index (κ2) is 8.81. The van der Waals surface area contributed by atoms with Gasteiger partial charge in [0.1, 0.15) is 0 Å². The Kier molecular flexibility index (Phi) is 7.05. The summed E-state index contributed by atoms with van der Waals surface area (Å²) in [5.74, 6) is 0.651. The quantitative estimate of drug-likeness (QED) is 0.531. The average Bonchev–Trinajstić information content (AvgIpc) is 2.96. The lowest BCUT2D eigenvalue weighted by atomic mass is 9.88. The summed E-state index contributed by atoms with van der Waals surface area (Å²) in [6.07, 6.45) is 12.4. The van der Waals surface area contributed by atoms with E-state index in [0.717, 1.165) is 19.4 Å². The van der Waals surface area contributed by atoms with Gasteiger partial charge in [-0.3, -0.25) is 0 Å². The summed E-state index contributed by atoms with van der Waals surface area (Å²) in [4.78, 5) is 0. The van der Waals surface area contributed by atoms with Crippen molar-refractivity contribution >= 4 is 0 Å². The van der Waals surface area contributed by atoms with Gasteiger partial charge in [-0.15, -0.1) is 0 Å². The average molecular weight is 281 g/mol. The lowest BCUT2D eigenvalue weighted by molar-refractivity contribution is -0.0450. The topological polar surface area (TPSA) is 41.5 Å². The molecule has 0 aromatic carbocycles. The maximum Gasteiger partial charge on any atom is 0.0897 e. The number of rotatable bonds is 8. The van der Waals surface area contributed by atoms with Gasteiger partial charge < -0.3 is 15.2 Å². The molecule has 116 valence electrons. The highest BCUT2D eigenvalue weighted by Crippen LogP contribution is 2.26. The zero-order valence-corrected chi connectivity index (χ0v) is 12.9. The molecule has 20 heavy (non-hydrogen) atoms. The minimum absolute atomic E-state index is 0.363. The van der Waals surface area contributed by atoms with Crippen LogP contribution in [0.5, 0.6) is 0 Å². The molecular formula is C17H31NO2. The number of aliphatic hydroxyl groups excluding tert-OH is 1. The maximum absolute atomic E-state index is 9.96. The van der Waals surface area contributed by atoms with E-state index in [9.17, 15) is 5.11 Å². The number of hydrogen-bond acceptors (Lipinski definition) is 3. The molecule has 2 rings (SSSR count). The van der Waals surface area contributed by atoms with Gasteiger partial charge in [0.05, 0.1) is 18.8 Å². The van der Waals surface area contributed by atoms with Crippen molar-refractivity contribution in [2.45, 2.75) is 70.5 Å². The SMILES string of the molecule is CC1CCCCC1OCC(O)CNCCC1=CCCC1. The van der Waals surface area contributed by atoms with E-state index in [0.29, 0.717) is 25.2 Å². The molecule has 1 fully saturated rings. The third-order valence-corrected chi connectivity index (χ3v) is 4.67. The predicted octanol–water partition coefficient (Wildman–Crippen LogP) is 3.03. The van der Waals surface area contributed by atoms with Crippen molar-refractivity contribution in [3.8, 4) is 0 Å². The predicted molar refractivity (Wildman–Crippen MR) is 82.8 cm³/mol. The second-order valence-corrected chi connectivity index (χ2v) is 6.50. The van der Waals surface area contributed by atoms with Gasteiger partial charge in [-0.2, -0.15) is 0 Å². The minimum Gasteiger partial charge on any atom is -0.389 e. The van der Waals surface area contributed by atoms with Crippen molar-refractivity contribution in [3.63, 3.8) is 0 Å². The fourth-order valence-electron chi connectivity index (χ4n) is 3.31. The van der Waals surface area contributed by atoms with Crippen molar-refractivity contribution in [3.05, 3.63) is 11.6 Å². The van der Waals surface area contributed by atoms with Gasteiger partial charge in [-0.1, -0.05) is 31.4 Å². The normalized spacial score (nSPS) is 28.4. The molecule has 3 nitrogen and oxygen atoms in total. The number of ether oxygens (including phenoxy) is 1. The smallest absolute Gasteiger partial charge is 0.0897 e. The van der Waals surface area contributed by atoms with E-state index < -0.39 is 0 Å². The van der Waals surface area contributed by atoms with E-state index >= 15 is 0 Å². The highest BCUT2D eigenvalue weighted by Gasteiger charge is 2.22. The van der Waals surface area contributed by atoms with Gasteiger partial charge in [0.15, 0.2) is 0 Å². The zero-order chi connectivity index (χ0) is 14.2. The Morgan fingerprint density at radius 1 is 1.35 bits per heavy atom. The molecule has 0 heterocycles. The Morgan fingerprint density at radius 2 is 2.20 bits per heavy atom. The fourth-order valence-corrected chi connectivity index (χ4v) is 3.31. The standard InChI is InChI=1S/C17H31NO2/c1-14-6-2-5-9-17(14)20-13-16(19)12-18-11-10-15-7-3-4-8-15/h7,14,16-19H,2-6,8-13H2,1H3. The monoisotopic (exact) mass is 281 g/mol. The van der Waals surface area contributed by atoms with Crippen LogP contribution in [0.1, 0.15) is 58.3 Å². The second-order valence-electron chi connectivity index (χ2n) is 6.50. The molecule has 3 heteroatoms. The highest BCUT2D eigenvalue weighted by molar-refractivity contribution is 5.07. The zero-order valence-electron chi connectivity index (χ0n) is 12.9. The van der Waals surface area contributed by atoms with Crippen LogP contribution in [0.25, 0.3) is 0 Å². The van der Waals surface area contributed by atoms with Gasteiger partial charge >= 0.3 is 0 Å². The Hall–Kier alpha value is -0.380. The van der Waals surface area contributed by atoms with Gasteiger partial charge in [0.25, 0.3) is 0 Å². The van der Waals surface area contributed by atoms with Crippen LogP contribution in [-0.2, 0) is 4.74 Å². The molecule has 0 saturated heterocycles. The summed E-state index contributed by atoms with van der Waals surface area (Å²) in [7, 11) is 0. The Morgan fingerprint density at radius 3 is 2.95 bits per heavy atom. The molecule has 0 amide bonds. The molecule has 0 aromatic heterocycles. The number of nitrogens with one attached hydrogen (secondary N) is 1. The van der Waals surface area contributed by atoms with Crippen LogP contribution >= 0.6 is 0 Å². The van der Waals surface area contributed by atoms with Crippen molar-refractivity contribution in [2.24, 2.45) is 5.92 Å². The first-order chi connectivity index (χ1) is 9.75. The van der Waals surface area contributed by atoms with E-state index in [1.54, 1.807) is 5.57 Å². The third-order valence-electron chi connectivity index (χ3n) is 4.67. The maximum atomic E-state index is 9.96. The van der Waals surface area contributed by atoms with E-state index in [4.69, 9.17) is 4.74 Å². The van der Waals surface area contributed by atoms with Crippen molar-refractivity contribution < 1.29 is 9.84 Å². The summed E-state index contributed by atoms with van der Waals surface area (Å²) in [5, 5.41) is 13.3. The van der Waals surface area contributed by atoms with Gasteiger partial charge in [-0.25, -0.2) is 0 Å². The molecule has 2 aliphatic carbocycles. The molecule has 2 aliphatic rings. The van der Waals surface area contributed by atoms with Crippen molar-refractivity contribution in [2.75, 3.05) is 19.7 Å². The van der Waals surface area contributed by atoms with Crippen LogP contribution in [0.4, 0.5) is 0 Å². The van der Waals surface area contributed by atoms with Crippen molar-refractivity contribution in [1.82, 2.24) is 5.32 Å². The summed E-state index contributed by atoms with van der Waals surface area (Å²) in [6.45, 7) is 4.37. The lowest BCUT2D eigenvalue weighted by Crippen LogP contribution is -2.34. The van der Waals surface area contributed by atoms with Crippen LogP contribution in [0.3, 0.4) is 0 Å². The molecule has 0 bridgehead atoms. The first-order valence-corrected chi connectivity index (χ1v) is 8.44. The molecule has 0 radical (unpaired) electrons. The molecular weight excluding hydrogens is 250 g/mol. The van der Waals surface area contributed by atoms with Gasteiger partial charge in [-0.05, 0) is 51.0 Å². The van der Waals surface area contributed by atoms with E-state index in [2.05, 4.69) is 18.3 Å². The third kappa shape index (κ3) is 5.55. The van der Waals surface area contributed by atoms with Crippen LogP contribution in [0, 0.1) is 5.92 Å². The molecule has 2 N–H and O–H groups in total. The Balaban J connectivity index is 1.50. The Bertz CT molecular complexity index is 303. The minimum atomic E-state index is -0.373. The van der Waals surface area contributed by atoms with Gasteiger partial charge in [0.2, 0.25) is 0 Å². The van der Waals surface area contributed by atoms with E-state index in [1.807, 2.05) is 0 Å². The highest BCUT2D eigenvalue weighted by atomic mass is 16.5. The summed E-state index contributed by atoms with van der Waals surface area (Å²) in [5.41, 5.74) is 1.58. The molecule has 0 aromatic rings. The summed E-state index contributed by atoms with van der Waals surface area (Å²) in [6, 6.07) is 0. The van der Waals surface area contributed by atoms with Gasteiger partial charge in [0, 0.05) is 6.54 Å². The number of allylic oxidation sites excluding steroid dienone is 1. The fraction of sp³-hybridized carbons (Fsp3) is 0.882. The molecule has 3 atom stereocenters. The molecule has 0 aliphatic heterocycles. The summed E-state index contributed by atoms with van der Waals surface area (Å²) >= 11 is 0. The molecule has 3 unspecified atom stereocenters. The Labute approximate surface area is 123 Å². The molecule has 0 spiro atoms. The lowest BCUT2D eigenvalue weighted by Gasteiger charge is -2.29. The van der Waals surface area contributed by atoms with Crippen LogP contribution in [0.15, 0.2) is 11.6 Å². The number of hydrogen-bond donors (Lipinski definition) is 2. The largest absolute Gasteiger partial charge is 0.389 e. The first kappa shape index (κ1) is 16.0. The van der Waals surface area contributed by atoms with Crippen LogP contribution in [0.2, 0.25) is 0 Å². The van der Waals surface area contributed by atoms with E-state index in [1.165, 1.54) is 38.5 Å². The van der Waals surface area contributed by atoms with Crippen LogP contribution < -0.4 is 5.32 Å². The first-order valence-electron chi connectivity index (χ1n) is 8.44. The van der Waals surface area contributed by atoms with Crippen molar-refractivity contribution in [1.29, 1.82) is 0 Å².